The number of imide groups is 1. The third kappa shape index (κ3) is 13.3. The molecule has 0 radical (unpaired) electrons. The first kappa shape index (κ1) is 53.5. The number of hydrazine groups is 2. The Labute approximate surface area is 437 Å². The Morgan fingerprint density at radius 2 is 0.986 bits per heavy atom. The van der Waals surface area contributed by atoms with E-state index in [-0.39, 0.29) is 32.9 Å². The monoisotopic (exact) mass is 1070 g/mol. The predicted octanol–water partition coefficient (Wildman–Crippen LogP) is 13.0. The van der Waals surface area contributed by atoms with Gasteiger partial charge in [0, 0.05) is 84.4 Å². The largest absolute Gasteiger partial charge is 0.377 e. The Balaban J connectivity index is 0.000000244. The Kier molecular flexibility index (Phi) is 18.2. The highest BCUT2D eigenvalue weighted by Gasteiger charge is 2.39. The third-order valence-electron chi connectivity index (χ3n) is 10.3. The van der Waals surface area contributed by atoms with Gasteiger partial charge in [-0.3, -0.25) is 29.4 Å². The summed E-state index contributed by atoms with van der Waals surface area (Å²) in [5.41, 5.74) is 5.02. The van der Waals surface area contributed by atoms with E-state index >= 15 is 0 Å². The standard InChI is InChI=1S/C31H25Cl3N2O4S.C21H19Cl2N3O2S/c1-31(2,3)23-10-18-27(19-11-23)41(40)36(30(39)22-8-16-26(34)17-9-22)35(28(37)20-4-12-24(32)13-5-20)29(38)21-6-14-25(33)15-7-21;1-25(2)18-7-3-6-17-16(18)5-4-8-19(17)29-26(20(27)13-22)24-21(28)14-9-11-15(23)12-10-14/h4-19H,1-3H3;3-12H,13H2,1-2H3,(H,24,28). The Morgan fingerprint density at radius 1 is 0.557 bits per heavy atom. The van der Waals surface area contributed by atoms with Crippen LogP contribution in [0.2, 0.25) is 20.1 Å². The SMILES string of the molecule is CC(C)(C)c1ccc(S(=O)N(C(=O)c2ccc(Cl)cc2)N(C(=O)c2ccc(Cl)cc2)C(=O)c2ccc(Cl)cc2)cc1.CN(C)c1cccc2c(SN(NC(=O)c3ccc(Cl)cc3)C(=O)CCl)cccc12. The molecule has 0 fully saturated rings. The van der Waals surface area contributed by atoms with E-state index in [1.165, 1.54) is 77.2 Å². The molecule has 0 aromatic heterocycles. The van der Waals surface area contributed by atoms with Crippen molar-refractivity contribution < 1.29 is 28.2 Å². The normalized spacial score (nSPS) is 11.4. The van der Waals surface area contributed by atoms with Gasteiger partial charge < -0.3 is 4.90 Å². The summed E-state index contributed by atoms with van der Waals surface area (Å²) < 4.78 is 16.0. The summed E-state index contributed by atoms with van der Waals surface area (Å²) in [6, 6.07) is 42.4. The Bertz CT molecular complexity index is 2990. The molecule has 7 aromatic rings. The number of alkyl halides is 1. The van der Waals surface area contributed by atoms with Gasteiger partial charge in [-0.25, -0.2) is 4.21 Å². The van der Waals surface area contributed by atoms with Crippen LogP contribution in [-0.4, -0.2) is 67.6 Å². The van der Waals surface area contributed by atoms with Gasteiger partial charge in [0.2, 0.25) is 0 Å². The van der Waals surface area contributed by atoms with E-state index in [4.69, 9.17) is 58.0 Å². The zero-order valence-corrected chi connectivity index (χ0v) is 43.6. The third-order valence-corrected chi connectivity index (χ3v) is 13.9. The molecule has 11 nitrogen and oxygen atoms in total. The molecule has 5 amide bonds. The van der Waals surface area contributed by atoms with Crippen LogP contribution in [0.1, 0.15) is 67.8 Å². The van der Waals surface area contributed by atoms with E-state index in [1.807, 2.05) is 76.2 Å². The molecule has 0 aliphatic heterocycles. The van der Waals surface area contributed by atoms with Crippen LogP contribution in [0, 0.1) is 0 Å². The van der Waals surface area contributed by atoms with Crippen LogP contribution in [0.5, 0.6) is 0 Å². The fourth-order valence-electron chi connectivity index (χ4n) is 6.58. The highest BCUT2D eigenvalue weighted by atomic mass is 35.5. The molecular formula is C52H44Cl5N5O6S2. The molecule has 70 heavy (non-hydrogen) atoms. The minimum Gasteiger partial charge on any atom is -0.377 e. The van der Waals surface area contributed by atoms with E-state index in [0.29, 0.717) is 35.1 Å². The summed E-state index contributed by atoms with van der Waals surface area (Å²) in [5, 5.41) is 4.25. The van der Waals surface area contributed by atoms with Crippen molar-refractivity contribution in [1.29, 1.82) is 0 Å². The molecule has 1 N–H and O–H groups in total. The van der Waals surface area contributed by atoms with E-state index in [0.717, 1.165) is 38.9 Å². The maximum absolute atomic E-state index is 14.2. The maximum atomic E-state index is 14.2. The lowest BCUT2D eigenvalue weighted by atomic mass is 9.87. The zero-order valence-electron chi connectivity index (χ0n) is 38.2. The van der Waals surface area contributed by atoms with Gasteiger partial charge in [0.25, 0.3) is 29.5 Å². The van der Waals surface area contributed by atoms with Crippen LogP contribution >= 0.6 is 70.0 Å². The number of hydrogen-bond donors (Lipinski definition) is 1. The zero-order chi connectivity index (χ0) is 50.9. The lowest BCUT2D eigenvalue weighted by Crippen LogP contribution is -2.53. The average molecular weight is 1080 g/mol. The second-order valence-electron chi connectivity index (χ2n) is 16.4. The van der Waals surface area contributed by atoms with Crippen LogP contribution < -0.4 is 10.3 Å². The van der Waals surface area contributed by atoms with Crippen molar-refractivity contribution in [3.63, 3.8) is 0 Å². The summed E-state index contributed by atoms with van der Waals surface area (Å²) in [6.45, 7) is 6.10. The van der Waals surface area contributed by atoms with E-state index < -0.39 is 40.5 Å². The Morgan fingerprint density at radius 3 is 1.43 bits per heavy atom. The van der Waals surface area contributed by atoms with Gasteiger partial charge in [-0.1, -0.05) is 104 Å². The van der Waals surface area contributed by atoms with Crippen molar-refractivity contribution >= 4 is 127 Å². The number of halogens is 5. The average Bonchev–Trinajstić information content (AvgIpc) is 3.35. The van der Waals surface area contributed by atoms with Crippen molar-refractivity contribution in [3.05, 3.63) is 206 Å². The van der Waals surface area contributed by atoms with Gasteiger partial charge in [-0.15, -0.1) is 16.0 Å². The van der Waals surface area contributed by atoms with Gasteiger partial charge >= 0.3 is 0 Å². The second kappa shape index (κ2) is 23.8. The number of hydrogen-bond acceptors (Lipinski definition) is 8. The summed E-state index contributed by atoms with van der Waals surface area (Å²) >= 11 is 30.8. The summed E-state index contributed by atoms with van der Waals surface area (Å²) in [4.78, 5) is 70.0. The molecule has 0 aliphatic rings. The number of nitrogens with zero attached hydrogens (tertiary/aromatic N) is 4. The number of amides is 5. The molecule has 0 heterocycles. The molecule has 0 bridgehead atoms. The van der Waals surface area contributed by atoms with Gasteiger partial charge in [-0.05, 0) is 138 Å². The van der Waals surface area contributed by atoms with Crippen molar-refractivity contribution in [3.8, 4) is 0 Å². The highest BCUT2D eigenvalue weighted by Crippen LogP contribution is 2.35. The van der Waals surface area contributed by atoms with Gasteiger partial charge in [0.1, 0.15) is 5.88 Å². The summed E-state index contributed by atoms with van der Waals surface area (Å²) in [7, 11) is 1.62. The van der Waals surface area contributed by atoms with Crippen molar-refractivity contribution in [2.75, 3.05) is 24.9 Å². The molecule has 18 heteroatoms. The van der Waals surface area contributed by atoms with E-state index in [2.05, 4.69) is 5.43 Å². The second-order valence-corrected chi connectivity index (χ2v) is 20.7. The fraction of sp³-hybridized carbons (Fsp3) is 0.135. The van der Waals surface area contributed by atoms with Gasteiger partial charge in [-0.2, -0.15) is 9.42 Å². The number of rotatable bonds is 10. The lowest BCUT2D eigenvalue weighted by molar-refractivity contribution is -0.125. The predicted molar refractivity (Wildman–Crippen MR) is 283 cm³/mol. The number of nitrogens with one attached hydrogen (secondary N) is 1. The van der Waals surface area contributed by atoms with Crippen LogP contribution in [0.3, 0.4) is 0 Å². The lowest BCUT2D eigenvalue weighted by Gasteiger charge is -2.32. The highest BCUT2D eigenvalue weighted by molar-refractivity contribution is 7.97. The number of carbonyl (C=O) groups is 5. The van der Waals surface area contributed by atoms with Gasteiger partial charge in [0.15, 0.2) is 11.0 Å². The first-order valence-electron chi connectivity index (χ1n) is 21.1. The first-order valence-corrected chi connectivity index (χ1v) is 25.0. The molecule has 0 spiro atoms. The minimum absolute atomic E-state index is 0.0469. The molecule has 0 saturated heterocycles. The van der Waals surface area contributed by atoms with Gasteiger partial charge in [0.05, 0.1) is 4.90 Å². The number of benzene rings is 7. The van der Waals surface area contributed by atoms with Crippen LogP contribution in [0.15, 0.2) is 168 Å². The first-order chi connectivity index (χ1) is 33.3. The molecule has 7 rings (SSSR count). The molecule has 1 unspecified atom stereocenters. The van der Waals surface area contributed by atoms with Crippen LogP contribution in [0.25, 0.3) is 10.8 Å². The number of carbonyl (C=O) groups excluding carboxylic acids is 5. The van der Waals surface area contributed by atoms with E-state index in [9.17, 15) is 28.2 Å². The van der Waals surface area contributed by atoms with Crippen molar-refractivity contribution in [2.24, 2.45) is 0 Å². The number of fused-ring (bicyclic) bond motifs is 1. The molecule has 0 aliphatic carbocycles. The molecule has 1 atom stereocenters. The maximum Gasteiger partial charge on any atom is 0.285 e. The van der Waals surface area contributed by atoms with E-state index in [1.54, 1.807) is 48.5 Å². The minimum atomic E-state index is -2.34. The smallest absolute Gasteiger partial charge is 0.285 e. The quantitative estimate of drug-likeness (QED) is 0.0621. The number of anilines is 1. The topological polar surface area (TPSA) is 127 Å². The van der Waals surface area contributed by atoms with Crippen LogP contribution in [-0.2, 0) is 21.2 Å². The molecule has 0 saturated carbocycles. The van der Waals surface area contributed by atoms with Crippen molar-refractivity contribution in [1.82, 2.24) is 19.3 Å². The summed E-state index contributed by atoms with van der Waals surface area (Å²) in [6.07, 6.45) is 0. The molecule has 7 aromatic carbocycles. The van der Waals surface area contributed by atoms with Crippen LogP contribution in [0.4, 0.5) is 5.69 Å². The Hall–Kier alpha value is -5.90. The summed E-state index contributed by atoms with van der Waals surface area (Å²) in [5.74, 6) is -3.75. The fourth-order valence-corrected chi connectivity index (χ4v) is 9.30. The molecular weight excluding hydrogens is 1030 g/mol. The van der Waals surface area contributed by atoms with Crippen molar-refractivity contribution in [2.45, 2.75) is 36.0 Å². The molecule has 360 valence electrons.